The van der Waals surface area contributed by atoms with Crippen molar-refractivity contribution in [2.45, 2.75) is 51.4 Å². The van der Waals surface area contributed by atoms with E-state index >= 15 is 0 Å². The van der Waals surface area contributed by atoms with E-state index < -0.39 is 12.0 Å². The number of halogens is 1. The molecule has 0 radical (unpaired) electrons. The molecule has 0 aliphatic heterocycles. The molecule has 0 bridgehead atoms. The number of esters is 1. The molecular formula is C21H28ClN3O3S. The number of amides is 1. The van der Waals surface area contributed by atoms with Gasteiger partial charge in [-0.3, -0.25) is 4.79 Å². The first-order chi connectivity index (χ1) is 13.9. The molecule has 1 heterocycles. The zero-order valence-electron chi connectivity index (χ0n) is 17.3. The van der Waals surface area contributed by atoms with Crippen LogP contribution in [0.1, 0.15) is 49.7 Å². The Bertz CT molecular complexity index is 840. The Balaban J connectivity index is 2.35. The van der Waals surface area contributed by atoms with E-state index in [2.05, 4.69) is 17.2 Å². The van der Waals surface area contributed by atoms with E-state index in [0.717, 1.165) is 29.3 Å². The molecule has 1 N–H and O–H groups in total. The molecule has 1 amide bonds. The minimum absolute atomic E-state index is 0.0553. The van der Waals surface area contributed by atoms with E-state index in [1.807, 2.05) is 42.7 Å². The number of nitrogens with zero attached hydrogens (tertiary/aromatic N) is 2. The average Bonchev–Trinajstić information content (AvgIpc) is 3.13. The summed E-state index contributed by atoms with van der Waals surface area (Å²) in [6, 6.07) is 6.81. The summed E-state index contributed by atoms with van der Waals surface area (Å²) < 4.78 is 6.72. The highest BCUT2D eigenvalue weighted by Gasteiger charge is 2.29. The summed E-state index contributed by atoms with van der Waals surface area (Å²) in [5.74, 6) is 0.0208. The number of rotatable bonds is 10. The van der Waals surface area contributed by atoms with E-state index in [-0.39, 0.29) is 11.8 Å². The number of benzene rings is 1. The highest BCUT2D eigenvalue weighted by Crippen LogP contribution is 2.24. The van der Waals surface area contributed by atoms with Crippen LogP contribution < -0.4 is 5.32 Å². The smallest absolute Gasteiger partial charge is 0.328 e. The van der Waals surface area contributed by atoms with Crippen molar-refractivity contribution in [2.75, 3.05) is 12.9 Å². The van der Waals surface area contributed by atoms with Gasteiger partial charge in [-0.1, -0.05) is 68.8 Å². The van der Waals surface area contributed by atoms with Crippen LogP contribution in [0.2, 0.25) is 5.02 Å². The summed E-state index contributed by atoms with van der Waals surface area (Å²) >= 11 is 7.92. The quantitative estimate of drug-likeness (QED) is 0.440. The molecule has 1 unspecified atom stereocenters. The minimum Gasteiger partial charge on any atom is -0.467 e. The monoisotopic (exact) mass is 437 g/mol. The maximum Gasteiger partial charge on any atom is 0.328 e. The van der Waals surface area contributed by atoms with Gasteiger partial charge in [0, 0.05) is 10.8 Å². The van der Waals surface area contributed by atoms with Crippen molar-refractivity contribution >= 4 is 35.2 Å². The molecule has 0 saturated heterocycles. The fraction of sp³-hybridized carbons (Fsp3) is 0.476. The zero-order valence-corrected chi connectivity index (χ0v) is 18.8. The molecule has 2 rings (SSSR count). The number of imidazole rings is 1. The summed E-state index contributed by atoms with van der Waals surface area (Å²) in [5.41, 5.74) is 1.28. The van der Waals surface area contributed by atoms with E-state index in [1.165, 1.54) is 7.11 Å². The summed E-state index contributed by atoms with van der Waals surface area (Å²) in [4.78, 5) is 29.7. The first-order valence-corrected chi connectivity index (χ1v) is 11.1. The molecule has 8 heteroatoms. The number of carbonyl (C=O) groups is 2. The number of nitrogens with one attached hydrogen (secondary N) is 1. The van der Waals surface area contributed by atoms with Gasteiger partial charge >= 0.3 is 5.97 Å². The van der Waals surface area contributed by atoms with Gasteiger partial charge in [0.1, 0.15) is 11.7 Å². The largest absolute Gasteiger partial charge is 0.467 e. The molecule has 0 aliphatic rings. The number of ether oxygens (including phenoxy) is 1. The Labute approximate surface area is 181 Å². The van der Waals surface area contributed by atoms with E-state index in [9.17, 15) is 9.59 Å². The molecule has 0 spiro atoms. The van der Waals surface area contributed by atoms with Crippen molar-refractivity contribution in [1.29, 1.82) is 0 Å². The van der Waals surface area contributed by atoms with Crippen molar-refractivity contribution in [2.24, 2.45) is 5.92 Å². The minimum atomic E-state index is -0.715. The number of hydrogen-bond acceptors (Lipinski definition) is 5. The van der Waals surface area contributed by atoms with Crippen molar-refractivity contribution in [1.82, 2.24) is 14.9 Å². The van der Waals surface area contributed by atoms with Gasteiger partial charge in [0.25, 0.3) is 5.91 Å². The summed E-state index contributed by atoms with van der Waals surface area (Å²) in [6.45, 7) is 6.38. The number of carbonyl (C=O) groups excluding carboxylic acids is 2. The van der Waals surface area contributed by atoms with E-state index in [1.54, 1.807) is 18.0 Å². The van der Waals surface area contributed by atoms with Crippen LogP contribution in [0.4, 0.5) is 0 Å². The second kappa shape index (κ2) is 11.3. The van der Waals surface area contributed by atoms with Gasteiger partial charge in [-0.05, 0) is 24.0 Å². The lowest BCUT2D eigenvalue weighted by Crippen LogP contribution is -2.46. The molecule has 0 saturated carbocycles. The first kappa shape index (κ1) is 23.3. The van der Waals surface area contributed by atoms with Gasteiger partial charge in [0.15, 0.2) is 5.16 Å². The van der Waals surface area contributed by atoms with E-state index in [0.29, 0.717) is 17.3 Å². The van der Waals surface area contributed by atoms with Gasteiger partial charge in [0.2, 0.25) is 0 Å². The fourth-order valence-corrected chi connectivity index (χ4v) is 3.84. The SMILES string of the molecule is CCCSc1ncc(C(=O)N[C@H](C(=O)OC)C(C)CC)n1Cc1ccccc1Cl. The van der Waals surface area contributed by atoms with Gasteiger partial charge in [-0.2, -0.15) is 0 Å². The summed E-state index contributed by atoms with van der Waals surface area (Å²) in [6.07, 6.45) is 3.27. The van der Waals surface area contributed by atoms with Crippen molar-refractivity contribution in [3.63, 3.8) is 0 Å². The third-order valence-electron chi connectivity index (χ3n) is 4.73. The highest BCUT2D eigenvalue weighted by molar-refractivity contribution is 7.99. The lowest BCUT2D eigenvalue weighted by Gasteiger charge is -2.22. The predicted molar refractivity (Wildman–Crippen MR) is 117 cm³/mol. The molecular weight excluding hydrogens is 410 g/mol. The molecule has 29 heavy (non-hydrogen) atoms. The van der Waals surface area contributed by atoms with Gasteiger partial charge in [-0.25, -0.2) is 9.78 Å². The van der Waals surface area contributed by atoms with Gasteiger partial charge in [-0.15, -0.1) is 0 Å². The van der Waals surface area contributed by atoms with Crippen LogP contribution in [0, 0.1) is 5.92 Å². The lowest BCUT2D eigenvalue weighted by molar-refractivity contribution is -0.144. The van der Waals surface area contributed by atoms with Crippen LogP contribution >= 0.6 is 23.4 Å². The Kier molecular flexibility index (Phi) is 9.04. The second-order valence-electron chi connectivity index (χ2n) is 6.81. The fourth-order valence-electron chi connectivity index (χ4n) is 2.81. The number of hydrogen-bond donors (Lipinski definition) is 1. The molecule has 2 atom stereocenters. The number of aromatic nitrogens is 2. The molecule has 0 aliphatic carbocycles. The van der Waals surface area contributed by atoms with Gasteiger partial charge in [0.05, 0.1) is 19.9 Å². The van der Waals surface area contributed by atoms with E-state index in [4.69, 9.17) is 16.3 Å². The van der Waals surface area contributed by atoms with Crippen molar-refractivity contribution < 1.29 is 14.3 Å². The van der Waals surface area contributed by atoms with Gasteiger partial charge < -0.3 is 14.6 Å². The van der Waals surface area contributed by atoms with Crippen LogP contribution in [-0.2, 0) is 16.1 Å². The Morgan fingerprint density at radius 3 is 2.66 bits per heavy atom. The summed E-state index contributed by atoms with van der Waals surface area (Å²) in [5, 5.41) is 4.20. The molecule has 6 nitrogen and oxygen atoms in total. The number of thioether (sulfide) groups is 1. The van der Waals surface area contributed by atoms with Crippen molar-refractivity contribution in [3.05, 3.63) is 46.7 Å². The molecule has 2 aromatic rings. The molecule has 1 aromatic carbocycles. The van der Waals surface area contributed by atoms with Crippen LogP contribution in [0.5, 0.6) is 0 Å². The second-order valence-corrected chi connectivity index (χ2v) is 8.28. The third kappa shape index (κ3) is 6.00. The van der Waals surface area contributed by atoms with Crippen LogP contribution in [0.3, 0.4) is 0 Å². The Morgan fingerprint density at radius 2 is 2.03 bits per heavy atom. The normalized spacial score (nSPS) is 13.0. The number of methoxy groups -OCH3 is 1. The molecule has 0 fully saturated rings. The molecule has 1 aromatic heterocycles. The topological polar surface area (TPSA) is 73.2 Å². The zero-order chi connectivity index (χ0) is 21.4. The van der Waals surface area contributed by atoms with Crippen LogP contribution in [0.15, 0.2) is 35.6 Å². The highest BCUT2D eigenvalue weighted by atomic mass is 35.5. The van der Waals surface area contributed by atoms with Crippen molar-refractivity contribution in [3.8, 4) is 0 Å². The first-order valence-electron chi connectivity index (χ1n) is 9.73. The average molecular weight is 438 g/mol. The summed E-state index contributed by atoms with van der Waals surface area (Å²) in [7, 11) is 1.32. The Hall–Kier alpha value is -1.99. The standard InChI is InChI=1S/C21H28ClN3O3S/c1-5-11-29-21-23-12-17(25(21)13-15-9-7-8-10-16(15)22)19(26)24-18(14(3)6-2)20(27)28-4/h7-10,12,14,18H,5-6,11,13H2,1-4H3,(H,24,26)/t14?,18-/m0/s1. The third-order valence-corrected chi connectivity index (χ3v) is 6.29. The van der Waals surface area contributed by atoms with Crippen LogP contribution in [0.25, 0.3) is 0 Å². The van der Waals surface area contributed by atoms with Crippen LogP contribution in [-0.4, -0.2) is 40.3 Å². The maximum absolute atomic E-state index is 13.1. The Morgan fingerprint density at radius 1 is 1.31 bits per heavy atom. The predicted octanol–water partition coefficient (Wildman–Crippen LogP) is 4.40. The lowest BCUT2D eigenvalue weighted by atomic mass is 9.99. The molecule has 158 valence electrons. The maximum atomic E-state index is 13.1.